The maximum Gasteiger partial charge on any atom is 0.360 e. The number of carbonyl (C=O) groups excluding carboxylic acids is 2. The average molecular weight is 350 g/mol. The zero-order chi connectivity index (χ0) is 18.5. The molecule has 0 spiro atoms. The highest BCUT2D eigenvalue weighted by atomic mass is 16.5. The molecule has 0 atom stereocenters. The predicted octanol–water partition coefficient (Wildman–Crippen LogP) is 2.54. The molecule has 26 heavy (non-hydrogen) atoms. The molecule has 0 unspecified atom stereocenters. The van der Waals surface area contributed by atoms with Crippen molar-refractivity contribution in [2.24, 2.45) is 0 Å². The van der Waals surface area contributed by atoms with Crippen molar-refractivity contribution in [3.8, 4) is 5.69 Å². The van der Waals surface area contributed by atoms with Gasteiger partial charge in [-0.1, -0.05) is 47.2 Å². The lowest BCUT2D eigenvalue weighted by molar-refractivity contribution is -0.115. The van der Waals surface area contributed by atoms with Gasteiger partial charge in [-0.15, -0.1) is 5.10 Å². The van der Waals surface area contributed by atoms with Crippen LogP contribution in [0.1, 0.15) is 21.6 Å². The number of rotatable bonds is 5. The highest BCUT2D eigenvalue weighted by molar-refractivity contribution is 5.94. The molecule has 2 aromatic carbocycles. The molecule has 132 valence electrons. The Hall–Kier alpha value is -3.48. The van der Waals surface area contributed by atoms with Crippen molar-refractivity contribution in [1.82, 2.24) is 15.0 Å². The van der Waals surface area contributed by atoms with Crippen LogP contribution in [-0.4, -0.2) is 34.0 Å². The third-order valence-electron chi connectivity index (χ3n) is 3.80. The summed E-state index contributed by atoms with van der Waals surface area (Å²) in [5, 5.41) is 10.6. The number of carbonyl (C=O) groups is 2. The van der Waals surface area contributed by atoms with Crippen LogP contribution in [0.3, 0.4) is 0 Å². The van der Waals surface area contributed by atoms with Crippen LogP contribution in [0.5, 0.6) is 0 Å². The minimum Gasteiger partial charge on any atom is -0.464 e. The molecule has 7 nitrogen and oxygen atoms in total. The second-order valence-electron chi connectivity index (χ2n) is 5.77. The Balaban J connectivity index is 1.78. The fraction of sp³-hybridized carbons (Fsp3) is 0.158. The third kappa shape index (κ3) is 3.94. The monoisotopic (exact) mass is 350 g/mol. The summed E-state index contributed by atoms with van der Waals surface area (Å²) in [4.78, 5) is 23.9. The zero-order valence-corrected chi connectivity index (χ0v) is 14.5. The molecule has 0 radical (unpaired) electrons. The number of nitrogens with zero attached hydrogens (tertiary/aromatic N) is 3. The molecular weight excluding hydrogens is 332 g/mol. The Morgan fingerprint density at radius 3 is 2.58 bits per heavy atom. The topological polar surface area (TPSA) is 86.1 Å². The fourth-order valence-electron chi connectivity index (χ4n) is 2.44. The second-order valence-corrected chi connectivity index (χ2v) is 5.77. The average Bonchev–Trinajstić information content (AvgIpc) is 3.13. The van der Waals surface area contributed by atoms with E-state index in [0.717, 1.165) is 11.1 Å². The maximum atomic E-state index is 12.4. The van der Waals surface area contributed by atoms with Gasteiger partial charge in [-0.25, -0.2) is 9.48 Å². The summed E-state index contributed by atoms with van der Waals surface area (Å²) in [5.74, 6) is -0.716. The lowest BCUT2D eigenvalue weighted by atomic mass is 10.1. The number of aromatic nitrogens is 3. The summed E-state index contributed by atoms with van der Waals surface area (Å²) in [7, 11) is 1.28. The van der Waals surface area contributed by atoms with Crippen molar-refractivity contribution in [3.63, 3.8) is 0 Å². The van der Waals surface area contributed by atoms with Crippen molar-refractivity contribution in [2.75, 3.05) is 12.4 Å². The van der Waals surface area contributed by atoms with Gasteiger partial charge in [0.1, 0.15) is 0 Å². The summed E-state index contributed by atoms with van der Waals surface area (Å²) >= 11 is 0. The highest BCUT2D eigenvalue weighted by Gasteiger charge is 2.14. The molecule has 0 aliphatic heterocycles. The molecule has 0 saturated heterocycles. The van der Waals surface area contributed by atoms with E-state index in [9.17, 15) is 9.59 Å². The van der Waals surface area contributed by atoms with E-state index in [0.29, 0.717) is 11.4 Å². The van der Waals surface area contributed by atoms with Gasteiger partial charge in [0.25, 0.3) is 0 Å². The Kier molecular flexibility index (Phi) is 5.07. The van der Waals surface area contributed by atoms with Gasteiger partial charge >= 0.3 is 5.97 Å². The van der Waals surface area contributed by atoms with E-state index in [1.54, 1.807) is 12.1 Å². The first-order valence-corrected chi connectivity index (χ1v) is 8.02. The van der Waals surface area contributed by atoms with Gasteiger partial charge in [0, 0.05) is 0 Å². The molecule has 1 N–H and O–H groups in total. The first kappa shape index (κ1) is 17.3. The zero-order valence-electron chi connectivity index (χ0n) is 14.5. The van der Waals surface area contributed by atoms with Crippen LogP contribution in [-0.2, 0) is 16.0 Å². The summed E-state index contributed by atoms with van der Waals surface area (Å²) in [6.07, 6.45) is 1.72. The minimum absolute atomic E-state index is 0.0910. The van der Waals surface area contributed by atoms with Gasteiger partial charge in [0.15, 0.2) is 5.69 Å². The third-order valence-corrected chi connectivity index (χ3v) is 3.80. The fourth-order valence-corrected chi connectivity index (χ4v) is 2.44. The standard InChI is InChI=1S/C19H18N4O3/c1-13-7-9-14(10-8-13)11-18(24)20-15-5-3-4-6-17(15)23-12-16(21-22-23)19(25)26-2/h3-10,12H,11H2,1-2H3,(H,20,24). The van der Waals surface area contributed by atoms with Gasteiger partial charge < -0.3 is 10.1 Å². The van der Waals surface area contributed by atoms with Gasteiger partial charge in [-0.05, 0) is 24.6 Å². The Labute approximate surface area is 150 Å². The molecule has 0 fully saturated rings. The second kappa shape index (κ2) is 7.60. The molecular formula is C19H18N4O3. The van der Waals surface area contributed by atoms with Crippen LogP contribution in [0.2, 0.25) is 0 Å². The summed E-state index contributed by atoms with van der Waals surface area (Å²) in [6, 6.07) is 15.0. The van der Waals surface area contributed by atoms with Gasteiger partial charge in [-0.2, -0.15) is 0 Å². The number of hydrogen-bond acceptors (Lipinski definition) is 5. The molecule has 1 amide bonds. The maximum absolute atomic E-state index is 12.4. The van der Waals surface area contributed by atoms with Crippen molar-refractivity contribution in [3.05, 3.63) is 71.5 Å². The van der Waals surface area contributed by atoms with Crippen LogP contribution in [0.4, 0.5) is 5.69 Å². The van der Waals surface area contributed by atoms with E-state index in [-0.39, 0.29) is 18.0 Å². The minimum atomic E-state index is -0.572. The molecule has 0 bridgehead atoms. The normalized spacial score (nSPS) is 10.4. The lowest BCUT2D eigenvalue weighted by Crippen LogP contribution is -2.16. The van der Waals surface area contributed by atoms with Crippen molar-refractivity contribution < 1.29 is 14.3 Å². The number of hydrogen-bond donors (Lipinski definition) is 1. The van der Waals surface area contributed by atoms with Gasteiger partial charge in [-0.3, -0.25) is 4.79 Å². The van der Waals surface area contributed by atoms with Crippen LogP contribution in [0.25, 0.3) is 5.69 Å². The predicted molar refractivity (Wildman–Crippen MR) is 96.2 cm³/mol. The molecule has 0 aliphatic carbocycles. The van der Waals surface area contributed by atoms with Crippen LogP contribution in [0.15, 0.2) is 54.7 Å². The van der Waals surface area contributed by atoms with Crippen molar-refractivity contribution in [2.45, 2.75) is 13.3 Å². The molecule has 0 aliphatic rings. The van der Waals surface area contributed by atoms with Gasteiger partial charge in [0.05, 0.1) is 31.1 Å². The Morgan fingerprint density at radius 1 is 1.12 bits per heavy atom. The van der Waals surface area contributed by atoms with E-state index >= 15 is 0 Å². The lowest BCUT2D eigenvalue weighted by Gasteiger charge is -2.10. The number of benzene rings is 2. The number of ether oxygens (including phenoxy) is 1. The van der Waals surface area contributed by atoms with E-state index in [1.165, 1.54) is 18.0 Å². The van der Waals surface area contributed by atoms with Crippen LogP contribution in [0, 0.1) is 6.92 Å². The van der Waals surface area contributed by atoms with E-state index in [4.69, 9.17) is 0 Å². The number of para-hydroxylation sites is 2. The number of amides is 1. The first-order chi connectivity index (χ1) is 12.6. The Morgan fingerprint density at radius 2 is 1.85 bits per heavy atom. The van der Waals surface area contributed by atoms with Crippen molar-refractivity contribution in [1.29, 1.82) is 0 Å². The van der Waals surface area contributed by atoms with Gasteiger partial charge in [0.2, 0.25) is 5.91 Å². The molecule has 0 saturated carbocycles. The summed E-state index contributed by atoms with van der Waals surface area (Å²) < 4.78 is 6.05. The largest absolute Gasteiger partial charge is 0.464 e. The molecule has 7 heteroatoms. The first-order valence-electron chi connectivity index (χ1n) is 8.02. The molecule has 1 aromatic heterocycles. The molecule has 3 aromatic rings. The summed E-state index contributed by atoms with van der Waals surface area (Å²) in [5.41, 5.74) is 3.35. The number of esters is 1. The Bertz CT molecular complexity index is 932. The number of methoxy groups -OCH3 is 1. The molecule has 3 rings (SSSR count). The van der Waals surface area contributed by atoms with Crippen LogP contribution >= 0.6 is 0 Å². The van der Waals surface area contributed by atoms with E-state index < -0.39 is 5.97 Å². The number of nitrogens with one attached hydrogen (secondary N) is 1. The highest BCUT2D eigenvalue weighted by Crippen LogP contribution is 2.20. The van der Waals surface area contributed by atoms with Crippen LogP contribution < -0.4 is 5.32 Å². The van der Waals surface area contributed by atoms with Crippen molar-refractivity contribution >= 4 is 17.6 Å². The SMILES string of the molecule is COC(=O)c1cn(-c2ccccc2NC(=O)Cc2ccc(C)cc2)nn1. The number of anilines is 1. The smallest absolute Gasteiger partial charge is 0.360 e. The summed E-state index contributed by atoms with van der Waals surface area (Å²) in [6.45, 7) is 2.00. The quantitative estimate of drug-likeness (QED) is 0.715. The number of aryl methyl sites for hydroxylation is 1. The molecule has 1 heterocycles. The van der Waals surface area contributed by atoms with E-state index in [2.05, 4.69) is 20.4 Å². The van der Waals surface area contributed by atoms with E-state index in [1.807, 2.05) is 43.3 Å².